The topological polar surface area (TPSA) is 101 Å². The maximum Gasteiger partial charge on any atom is 0.241 e. The van der Waals surface area contributed by atoms with Gasteiger partial charge in [0.2, 0.25) is 15.9 Å². The van der Waals surface area contributed by atoms with Gasteiger partial charge in [0.15, 0.2) is 0 Å². The predicted octanol–water partition coefficient (Wildman–Crippen LogP) is 2.24. The minimum absolute atomic E-state index is 0.134. The van der Waals surface area contributed by atoms with Gasteiger partial charge in [0.05, 0.1) is 29.7 Å². The first-order valence-corrected chi connectivity index (χ1v) is 9.73. The molecule has 0 fully saturated rings. The number of aryl methyl sites for hydroxylation is 1. The highest BCUT2D eigenvalue weighted by molar-refractivity contribution is 7.89. The normalized spacial score (nSPS) is 11.3. The average Bonchev–Trinajstić information content (AvgIpc) is 3.20. The Bertz CT molecular complexity index is 1010. The molecule has 27 heavy (non-hydrogen) atoms. The summed E-state index contributed by atoms with van der Waals surface area (Å²) in [4.78, 5) is 16.4. The summed E-state index contributed by atoms with van der Waals surface area (Å²) in [5, 5.41) is 2.66. The van der Waals surface area contributed by atoms with Crippen molar-refractivity contribution in [2.75, 3.05) is 6.54 Å². The summed E-state index contributed by atoms with van der Waals surface area (Å²) < 4.78 is 31.7. The van der Waals surface area contributed by atoms with Gasteiger partial charge in [-0.15, -0.1) is 0 Å². The van der Waals surface area contributed by atoms with Crippen LogP contribution in [0.2, 0.25) is 0 Å². The summed E-state index contributed by atoms with van der Waals surface area (Å²) in [6, 6.07) is 12.0. The van der Waals surface area contributed by atoms with Crippen LogP contribution in [0.15, 0.2) is 70.5 Å². The molecule has 0 saturated heterocycles. The van der Waals surface area contributed by atoms with Crippen molar-refractivity contribution in [1.29, 1.82) is 0 Å². The Labute approximate surface area is 157 Å². The lowest BCUT2D eigenvalue weighted by atomic mass is 10.2. The Morgan fingerprint density at radius 1 is 1.19 bits per heavy atom. The number of hydrogen-bond donors (Lipinski definition) is 2. The van der Waals surface area contributed by atoms with Crippen LogP contribution < -0.4 is 10.0 Å². The van der Waals surface area contributed by atoms with Gasteiger partial charge in [-0.2, -0.15) is 0 Å². The van der Waals surface area contributed by atoms with Crippen molar-refractivity contribution in [2.24, 2.45) is 0 Å². The second kappa shape index (κ2) is 8.15. The van der Waals surface area contributed by atoms with Gasteiger partial charge in [-0.05, 0) is 42.3 Å². The van der Waals surface area contributed by atoms with Crippen LogP contribution >= 0.6 is 0 Å². The number of carbonyl (C=O) groups excluding carboxylic acids is 1. The molecule has 0 aliphatic carbocycles. The molecular weight excluding hydrogens is 366 g/mol. The van der Waals surface area contributed by atoms with Gasteiger partial charge in [-0.3, -0.25) is 9.78 Å². The molecule has 0 spiro atoms. The summed E-state index contributed by atoms with van der Waals surface area (Å²) in [6.45, 7) is 1.72. The lowest BCUT2D eigenvalue weighted by molar-refractivity contribution is -0.120. The van der Waals surface area contributed by atoms with Gasteiger partial charge >= 0.3 is 0 Å². The van der Waals surface area contributed by atoms with Crippen LogP contribution in [0.1, 0.15) is 11.1 Å². The second-order valence-corrected chi connectivity index (χ2v) is 7.75. The van der Waals surface area contributed by atoms with Crippen LogP contribution in [0.5, 0.6) is 0 Å². The van der Waals surface area contributed by atoms with Crippen LogP contribution in [0, 0.1) is 6.92 Å². The van der Waals surface area contributed by atoms with Crippen molar-refractivity contribution < 1.29 is 17.6 Å². The van der Waals surface area contributed by atoms with Gasteiger partial charge in [-0.25, -0.2) is 13.1 Å². The maximum atomic E-state index is 12.2. The fourth-order valence-corrected chi connectivity index (χ4v) is 3.49. The van der Waals surface area contributed by atoms with E-state index in [1.54, 1.807) is 43.8 Å². The molecule has 8 heteroatoms. The van der Waals surface area contributed by atoms with E-state index >= 15 is 0 Å². The Morgan fingerprint density at radius 2 is 2.04 bits per heavy atom. The molecule has 140 valence electrons. The molecular formula is C19H19N3O4S. The van der Waals surface area contributed by atoms with Crippen LogP contribution in [0.3, 0.4) is 0 Å². The first-order valence-electron chi connectivity index (χ1n) is 8.24. The molecule has 0 atom stereocenters. The zero-order valence-corrected chi connectivity index (χ0v) is 15.5. The number of aromatic nitrogens is 1. The number of furan rings is 1. The zero-order chi connectivity index (χ0) is 19.3. The number of benzene rings is 1. The number of pyridine rings is 1. The third kappa shape index (κ3) is 5.02. The van der Waals surface area contributed by atoms with E-state index in [0.717, 1.165) is 22.4 Å². The third-order valence-electron chi connectivity index (χ3n) is 3.85. The van der Waals surface area contributed by atoms with Gasteiger partial charge in [0.25, 0.3) is 0 Å². The van der Waals surface area contributed by atoms with Crippen LogP contribution in [0.25, 0.3) is 11.3 Å². The van der Waals surface area contributed by atoms with Crippen molar-refractivity contribution in [2.45, 2.75) is 18.4 Å². The predicted molar refractivity (Wildman–Crippen MR) is 100 cm³/mol. The van der Waals surface area contributed by atoms with Crippen molar-refractivity contribution in [3.8, 4) is 11.3 Å². The molecule has 7 nitrogen and oxygen atoms in total. The summed E-state index contributed by atoms with van der Waals surface area (Å²) in [7, 11) is -3.72. The van der Waals surface area contributed by atoms with Crippen LogP contribution in [0.4, 0.5) is 0 Å². The van der Waals surface area contributed by atoms with E-state index in [2.05, 4.69) is 15.0 Å². The van der Waals surface area contributed by atoms with E-state index in [9.17, 15) is 13.2 Å². The summed E-state index contributed by atoms with van der Waals surface area (Å²) in [5.74, 6) is -0.426. The second-order valence-electron chi connectivity index (χ2n) is 5.98. The SMILES string of the molecule is Cc1cccc(S(=O)(=O)NCC(=O)NCc2ccc(-c3ccoc3)nc2)c1. The standard InChI is InChI=1S/C19H19N3O4S/c1-14-3-2-4-17(9-14)27(24,25)22-12-19(23)21-11-15-5-6-18(20-10-15)16-7-8-26-13-16/h2-10,13,22H,11-12H2,1H3,(H,21,23). The molecule has 1 amide bonds. The molecule has 0 aliphatic heterocycles. The van der Waals surface area contributed by atoms with Gasteiger partial charge in [0, 0.05) is 18.3 Å². The smallest absolute Gasteiger partial charge is 0.241 e. The Hall–Kier alpha value is -2.97. The van der Waals surface area contributed by atoms with Crippen molar-refractivity contribution in [3.63, 3.8) is 0 Å². The Morgan fingerprint density at radius 3 is 2.70 bits per heavy atom. The largest absolute Gasteiger partial charge is 0.472 e. The minimum atomic E-state index is -3.72. The summed E-state index contributed by atoms with van der Waals surface area (Å²) >= 11 is 0. The van der Waals surface area contributed by atoms with E-state index in [-0.39, 0.29) is 18.0 Å². The molecule has 3 rings (SSSR count). The van der Waals surface area contributed by atoms with Crippen molar-refractivity contribution >= 4 is 15.9 Å². The number of amides is 1. The molecule has 3 aromatic rings. The molecule has 2 heterocycles. The number of hydrogen-bond acceptors (Lipinski definition) is 5. The first kappa shape index (κ1) is 18.8. The first-order chi connectivity index (χ1) is 12.9. The average molecular weight is 385 g/mol. The minimum Gasteiger partial charge on any atom is -0.472 e. The van der Waals surface area contributed by atoms with Gasteiger partial charge in [-0.1, -0.05) is 18.2 Å². The van der Waals surface area contributed by atoms with E-state index in [4.69, 9.17) is 4.42 Å². The van der Waals surface area contributed by atoms with Gasteiger partial charge < -0.3 is 9.73 Å². The molecule has 0 saturated carbocycles. The molecule has 0 radical (unpaired) electrons. The van der Waals surface area contributed by atoms with E-state index in [1.165, 1.54) is 6.07 Å². The van der Waals surface area contributed by atoms with E-state index < -0.39 is 15.9 Å². The lowest BCUT2D eigenvalue weighted by Gasteiger charge is -2.08. The summed E-state index contributed by atoms with van der Waals surface area (Å²) in [6.07, 6.45) is 4.83. The summed E-state index contributed by atoms with van der Waals surface area (Å²) in [5.41, 5.74) is 3.27. The molecule has 0 aliphatic rings. The highest BCUT2D eigenvalue weighted by Gasteiger charge is 2.15. The zero-order valence-electron chi connectivity index (χ0n) is 14.7. The lowest BCUT2D eigenvalue weighted by Crippen LogP contribution is -2.36. The highest BCUT2D eigenvalue weighted by atomic mass is 32.2. The Kier molecular flexibility index (Phi) is 5.68. The van der Waals surface area contributed by atoms with Crippen molar-refractivity contribution in [1.82, 2.24) is 15.0 Å². The van der Waals surface area contributed by atoms with Gasteiger partial charge in [0.1, 0.15) is 0 Å². The number of sulfonamides is 1. The number of nitrogens with one attached hydrogen (secondary N) is 2. The molecule has 0 bridgehead atoms. The monoisotopic (exact) mass is 385 g/mol. The molecule has 0 unspecified atom stereocenters. The molecule has 1 aromatic carbocycles. The highest BCUT2D eigenvalue weighted by Crippen LogP contribution is 2.17. The molecule has 2 aromatic heterocycles. The van der Waals surface area contributed by atoms with E-state index in [1.807, 2.05) is 18.2 Å². The van der Waals surface area contributed by atoms with E-state index in [0.29, 0.717) is 0 Å². The van der Waals surface area contributed by atoms with Crippen LogP contribution in [-0.2, 0) is 21.4 Å². The Balaban J connectivity index is 1.51. The number of rotatable bonds is 7. The van der Waals surface area contributed by atoms with Crippen LogP contribution in [-0.4, -0.2) is 25.9 Å². The number of nitrogens with zero attached hydrogens (tertiary/aromatic N) is 1. The van der Waals surface area contributed by atoms with Crippen molar-refractivity contribution in [3.05, 3.63) is 72.3 Å². The quantitative estimate of drug-likeness (QED) is 0.650. The fraction of sp³-hybridized carbons (Fsp3) is 0.158. The molecule has 2 N–H and O–H groups in total. The third-order valence-corrected chi connectivity index (χ3v) is 5.25. The number of carbonyl (C=O) groups is 1. The fourth-order valence-electron chi connectivity index (χ4n) is 2.40. The maximum absolute atomic E-state index is 12.2.